The number of hydrogen-bond donors (Lipinski definition) is 1. The summed E-state index contributed by atoms with van der Waals surface area (Å²) in [6.45, 7) is 4.32. The van der Waals surface area contributed by atoms with Crippen LogP contribution in [0, 0.1) is 0 Å². The Morgan fingerprint density at radius 3 is 2.45 bits per heavy atom. The van der Waals surface area contributed by atoms with E-state index in [1.807, 2.05) is 12.3 Å². The van der Waals surface area contributed by atoms with Crippen LogP contribution in [0.2, 0.25) is 0 Å². The molecule has 3 nitrogen and oxygen atoms in total. The van der Waals surface area contributed by atoms with Gasteiger partial charge in [-0.25, -0.2) is 0 Å². The molecule has 106 valence electrons. The summed E-state index contributed by atoms with van der Waals surface area (Å²) in [4.78, 5) is 11.4. The second-order valence-electron chi connectivity index (χ2n) is 5.22. The van der Waals surface area contributed by atoms with Gasteiger partial charge in [0.15, 0.2) is 0 Å². The molecule has 1 aromatic heterocycles. The van der Waals surface area contributed by atoms with E-state index in [0.29, 0.717) is 0 Å². The Bertz CT molecular complexity index is 614. The van der Waals surface area contributed by atoms with Crippen molar-refractivity contribution in [3.05, 3.63) is 64.1 Å². The SMILES string of the molecule is CCCc1ccc(C(C)Nc2ccc(=O)n(C)c2)cc1. The summed E-state index contributed by atoms with van der Waals surface area (Å²) in [5.41, 5.74) is 3.59. The van der Waals surface area contributed by atoms with E-state index < -0.39 is 0 Å². The van der Waals surface area contributed by atoms with E-state index in [1.165, 1.54) is 17.5 Å². The molecule has 0 radical (unpaired) electrons. The lowest BCUT2D eigenvalue weighted by atomic mass is 10.0. The minimum Gasteiger partial charge on any atom is -0.377 e. The molecule has 1 aromatic carbocycles. The Labute approximate surface area is 120 Å². The van der Waals surface area contributed by atoms with Crippen molar-refractivity contribution in [3.63, 3.8) is 0 Å². The monoisotopic (exact) mass is 270 g/mol. The molecule has 0 bridgehead atoms. The fraction of sp³-hybridized carbons (Fsp3) is 0.353. The molecular formula is C17H22N2O. The lowest BCUT2D eigenvalue weighted by Gasteiger charge is -2.16. The maximum atomic E-state index is 11.4. The summed E-state index contributed by atoms with van der Waals surface area (Å²) in [5.74, 6) is 0. The Morgan fingerprint density at radius 2 is 1.85 bits per heavy atom. The molecule has 0 aliphatic carbocycles. The lowest BCUT2D eigenvalue weighted by Crippen LogP contribution is -2.16. The van der Waals surface area contributed by atoms with Gasteiger partial charge in [-0.05, 0) is 30.5 Å². The zero-order valence-corrected chi connectivity index (χ0v) is 12.4. The fourth-order valence-corrected chi connectivity index (χ4v) is 2.27. The average molecular weight is 270 g/mol. The molecule has 1 N–H and O–H groups in total. The number of nitrogens with zero attached hydrogens (tertiary/aromatic N) is 1. The first-order valence-electron chi connectivity index (χ1n) is 7.12. The van der Waals surface area contributed by atoms with E-state index in [4.69, 9.17) is 0 Å². The van der Waals surface area contributed by atoms with Crippen molar-refractivity contribution < 1.29 is 0 Å². The van der Waals surface area contributed by atoms with Crippen LogP contribution in [-0.2, 0) is 13.5 Å². The average Bonchev–Trinajstić information content (AvgIpc) is 2.44. The summed E-state index contributed by atoms with van der Waals surface area (Å²) >= 11 is 0. The molecule has 1 unspecified atom stereocenters. The number of aryl methyl sites for hydroxylation is 2. The molecule has 2 aromatic rings. The Morgan fingerprint density at radius 1 is 1.15 bits per heavy atom. The maximum absolute atomic E-state index is 11.4. The molecule has 0 saturated carbocycles. The van der Waals surface area contributed by atoms with Crippen LogP contribution in [-0.4, -0.2) is 4.57 Å². The predicted octanol–water partition coefficient (Wildman–Crippen LogP) is 3.51. The van der Waals surface area contributed by atoms with Gasteiger partial charge in [0.05, 0.1) is 5.69 Å². The first-order valence-corrected chi connectivity index (χ1v) is 7.12. The van der Waals surface area contributed by atoms with Gasteiger partial charge >= 0.3 is 0 Å². The zero-order chi connectivity index (χ0) is 14.5. The number of nitrogens with one attached hydrogen (secondary N) is 1. The number of anilines is 1. The zero-order valence-electron chi connectivity index (χ0n) is 12.4. The van der Waals surface area contributed by atoms with Crippen LogP contribution in [0.1, 0.15) is 37.4 Å². The second kappa shape index (κ2) is 6.42. The van der Waals surface area contributed by atoms with E-state index in [9.17, 15) is 4.79 Å². The van der Waals surface area contributed by atoms with Crippen LogP contribution in [0.25, 0.3) is 0 Å². The van der Waals surface area contributed by atoms with Crippen molar-refractivity contribution in [2.45, 2.75) is 32.7 Å². The van der Waals surface area contributed by atoms with Gasteiger partial charge in [-0.3, -0.25) is 4.79 Å². The van der Waals surface area contributed by atoms with Gasteiger partial charge in [-0.15, -0.1) is 0 Å². The third-order valence-corrected chi connectivity index (χ3v) is 3.49. The number of benzene rings is 1. The van der Waals surface area contributed by atoms with Gasteiger partial charge in [0.25, 0.3) is 0 Å². The Balaban J connectivity index is 2.08. The highest BCUT2D eigenvalue weighted by Crippen LogP contribution is 2.19. The van der Waals surface area contributed by atoms with Crippen molar-refractivity contribution in [2.24, 2.45) is 7.05 Å². The molecular weight excluding hydrogens is 248 g/mol. The van der Waals surface area contributed by atoms with Gasteiger partial charge < -0.3 is 9.88 Å². The number of hydrogen-bond acceptors (Lipinski definition) is 2. The van der Waals surface area contributed by atoms with E-state index >= 15 is 0 Å². The Kier molecular flexibility index (Phi) is 4.61. The van der Waals surface area contributed by atoms with E-state index in [2.05, 4.69) is 43.4 Å². The van der Waals surface area contributed by atoms with E-state index in [-0.39, 0.29) is 11.6 Å². The molecule has 0 aliphatic rings. The van der Waals surface area contributed by atoms with E-state index in [1.54, 1.807) is 17.7 Å². The van der Waals surface area contributed by atoms with Crippen LogP contribution in [0.3, 0.4) is 0 Å². The van der Waals surface area contributed by atoms with Crippen molar-refractivity contribution in [1.82, 2.24) is 4.57 Å². The molecule has 0 aliphatic heterocycles. The predicted molar refractivity (Wildman–Crippen MR) is 84.2 cm³/mol. The molecule has 20 heavy (non-hydrogen) atoms. The smallest absolute Gasteiger partial charge is 0.250 e. The molecule has 0 fully saturated rings. The summed E-state index contributed by atoms with van der Waals surface area (Å²) < 4.78 is 1.58. The Hall–Kier alpha value is -2.03. The molecule has 1 atom stereocenters. The maximum Gasteiger partial charge on any atom is 0.250 e. The summed E-state index contributed by atoms with van der Waals surface area (Å²) in [7, 11) is 1.76. The number of pyridine rings is 1. The molecule has 0 amide bonds. The largest absolute Gasteiger partial charge is 0.377 e. The van der Waals surface area contributed by atoms with Crippen molar-refractivity contribution in [2.75, 3.05) is 5.32 Å². The van der Waals surface area contributed by atoms with Crippen LogP contribution >= 0.6 is 0 Å². The fourth-order valence-electron chi connectivity index (χ4n) is 2.27. The highest BCUT2D eigenvalue weighted by Gasteiger charge is 2.05. The first-order chi connectivity index (χ1) is 9.60. The number of rotatable bonds is 5. The summed E-state index contributed by atoms with van der Waals surface area (Å²) in [5, 5.41) is 3.42. The molecule has 2 rings (SSSR count). The number of aromatic nitrogens is 1. The molecule has 1 heterocycles. The van der Waals surface area contributed by atoms with Gasteiger partial charge in [0.2, 0.25) is 5.56 Å². The minimum absolute atomic E-state index is 0.00659. The van der Waals surface area contributed by atoms with Gasteiger partial charge in [0, 0.05) is 25.4 Å². The van der Waals surface area contributed by atoms with Crippen LogP contribution in [0.4, 0.5) is 5.69 Å². The van der Waals surface area contributed by atoms with Crippen molar-refractivity contribution in [3.8, 4) is 0 Å². The third-order valence-electron chi connectivity index (χ3n) is 3.49. The highest BCUT2D eigenvalue weighted by atomic mass is 16.1. The van der Waals surface area contributed by atoms with Crippen molar-refractivity contribution >= 4 is 5.69 Å². The molecule has 0 saturated heterocycles. The molecule has 3 heteroatoms. The van der Waals surface area contributed by atoms with Crippen LogP contribution in [0.15, 0.2) is 47.4 Å². The van der Waals surface area contributed by atoms with Gasteiger partial charge in [0.1, 0.15) is 0 Å². The normalized spacial score (nSPS) is 12.2. The van der Waals surface area contributed by atoms with E-state index in [0.717, 1.165) is 12.1 Å². The second-order valence-corrected chi connectivity index (χ2v) is 5.22. The van der Waals surface area contributed by atoms with Crippen LogP contribution in [0.5, 0.6) is 0 Å². The van der Waals surface area contributed by atoms with Gasteiger partial charge in [-0.1, -0.05) is 37.6 Å². The van der Waals surface area contributed by atoms with Crippen LogP contribution < -0.4 is 10.9 Å². The lowest BCUT2D eigenvalue weighted by molar-refractivity contribution is 0.838. The quantitative estimate of drug-likeness (QED) is 0.902. The van der Waals surface area contributed by atoms with Gasteiger partial charge in [-0.2, -0.15) is 0 Å². The summed E-state index contributed by atoms with van der Waals surface area (Å²) in [6.07, 6.45) is 4.12. The highest BCUT2D eigenvalue weighted by molar-refractivity contribution is 5.43. The minimum atomic E-state index is 0.00659. The van der Waals surface area contributed by atoms with Crippen molar-refractivity contribution in [1.29, 1.82) is 0 Å². The topological polar surface area (TPSA) is 34.0 Å². The first kappa shape index (κ1) is 14.4. The standard InChI is InChI=1S/C17H22N2O/c1-4-5-14-6-8-15(9-7-14)13(2)18-16-10-11-17(20)19(3)12-16/h6-13,18H,4-5H2,1-3H3. The summed E-state index contributed by atoms with van der Waals surface area (Å²) in [6, 6.07) is 12.3. The molecule has 0 spiro atoms. The third kappa shape index (κ3) is 3.50.